The molecule has 2 bridgehead atoms. The van der Waals surface area contributed by atoms with Crippen LogP contribution >= 0.6 is 11.8 Å². The molecule has 3 saturated heterocycles. The van der Waals surface area contributed by atoms with Gasteiger partial charge in [-0.1, -0.05) is 40.0 Å². The minimum absolute atomic E-state index is 0.0130. The van der Waals surface area contributed by atoms with Crippen LogP contribution in [0, 0.1) is 17.8 Å². The number of aliphatic hydroxyl groups is 1. The summed E-state index contributed by atoms with van der Waals surface area (Å²) in [5, 5.41) is 15.3. The van der Waals surface area contributed by atoms with Crippen molar-refractivity contribution >= 4 is 29.5 Å². The zero-order valence-electron chi connectivity index (χ0n) is 19.9. The molecule has 32 heavy (non-hydrogen) atoms. The third-order valence-electron chi connectivity index (χ3n) is 7.48. The number of rotatable bonds is 13. The van der Waals surface area contributed by atoms with Crippen LogP contribution in [0.15, 0.2) is 0 Å². The second kappa shape index (κ2) is 11.2. The van der Waals surface area contributed by atoms with Gasteiger partial charge in [0.1, 0.15) is 6.04 Å². The fraction of sp³-hybridized carbons (Fsp3) is 0.875. The molecule has 7 nitrogen and oxygen atoms in total. The number of carbonyl (C=O) groups is 3. The highest BCUT2D eigenvalue weighted by Gasteiger charge is 2.75. The highest BCUT2D eigenvalue weighted by Crippen LogP contribution is 2.68. The minimum atomic E-state index is -0.517. The van der Waals surface area contributed by atoms with E-state index in [4.69, 9.17) is 5.11 Å². The van der Waals surface area contributed by atoms with Gasteiger partial charge in [-0.05, 0) is 38.0 Å². The quantitative estimate of drug-likeness (QED) is 0.361. The molecule has 182 valence electrons. The first kappa shape index (κ1) is 25.3. The maximum Gasteiger partial charge on any atom is 0.244 e. The number of nitrogens with one attached hydrogen (secondary N) is 2. The Bertz CT molecular complexity index is 690. The van der Waals surface area contributed by atoms with E-state index >= 15 is 0 Å². The van der Waals surface area contributed by atoms with Crippen molar-refractivity contribution < 1.29 is 19.5 Å². The number of thioether (sulfide) groups is 1. The number of hydrogen-bond donors (Lipinski definition) is 3. The predicted molar refractivity (Wildman–Crippen MR) is 127 cm³/mol. The van der Waals surface area contributed by atoms with E-state index in [2.05, 4.69) is 24.5 Å². The molecule has 0 aromatic carbocycles. The lowest BCUT2D eigenvalue weighted by atomic mass is 9.66. The number of carbonyl (C=O) groups excluding carboxylic acids is 3. The van der Waals surface area contributed by atoms with Gasteiger partial charge in [0, 0.05) is 31.5 Å². The summed E-state index contributed by atoms with van der Waals surface area (Å²) in [6.07, 6.45) is 7.04. The van der Waals surface area contributed by atoms with Crippen LogP contribution in [0.25, 0.3) is 0 Å². The Kier molecular flexibility index (Phi) is 8.90. The number of hydrogen-bond acceptors (Lipinski definition) is 5. The fourth-order valence-electron chi connectivity index (χ4n) is 5.96. The van der Waals surface area contributed by atoms with Gasteiger partial charge in [0.05, 0.1) is 16.6 Å². The second-order valence-electron chi connectivity index (χ2n) is 9.66. The summed E-state index contributed by atoms with van der Waals surface area (Å²) in [7, 11) is 0. The summed E-state index contributed by atoms with van der Waals surface area (Å²) in [6, 6.07) is -0.510. The van der Waals surface area contributed by atoms with Crippen molar-refractivity contribution in [3.8, 4) is 0 Å². The molecule has 1 spiro atoms. The van der Waals surface area contributed by atoms with Crippen molar-refractivity contribution in [3.63, 3.8) is 0 Å². The molecule has 0 aromatic rings. The van der Waals surface area contributed by atoms with Gasteiger partial charge in [-0.2, -0.15) is 0 Å². The molecule has 0 saturated carbocycles. The van der Waals surface area contributed by atoms with Crippen molar-refractivity contribution in [1.29, 1.82) is 0 Å². The Morgan fingerprint density at radius 2 is 1.78 bits per heavy atom. The smallest absolute Gasteiger partial charge is 0.244 e. The lowest BCUT2D eigenvalue weighted by molar-refractivity contribution is -0.140. The molecule has 0 aliphatic carbocycles. The Balaban J connectivity index is 1.86. The number of aliphatic hydroxyl groups excluding tert-OH is 1. The van der Waals surface area contributed by atoms with Crippen LogP contribution in [0.4, 0.5) is 0 Å². The molecule has 0 radical (unpaired) electrons. The monoisotopic (exact) mass is 467 g/mol. The fourth-order valence-corrected chi connectivity index (χ4v) is 8.38. The van der Waals surface area contributed by atoms with E-state index in [0.29, 0.717) is 19.6 Å². The van der Waals surface area contributed by atoms with Crippen molar-refractivity contribution in [2.45, 2.75) is 88.2 Å². The first-order valence-electron chi connectivity index (χ1n) is 12.6. The summed E-state index contributed by atoms with van der Waals surface area (Å²) in [6.45, 7) is 8.23. The van der Waals surface area contributed by atoms with Gasteiger partial charge in [-0.25, -0.2) is 0 Å². The van der Waals surface area contributed by atoms with E-state index in [1.165, 1.54) is 0 Å². The maximum absolute atomic E-state index is 13.8. The lowest BCUT2D eigenvalue weighted by Crippen LogP contribution is -2.56. The van der Waals surface area contributed by atoms with Crippen molar-refractivity contribution in [2.75, 3.05) is 26.2 Å². The maximum atomic E-state index is 13.8. The zero-order valence-corrected chi connectivity index (χ0v) is 20.7. The lowest BCUT2D eigenvalue weighted by Gasteiger charge is -2.38. The molecule has 3 heterocycles. The van der Waals surface area contributed by atoms with Crippen LogP contribution < -0.4 is 10.6 Å². The highest BCUT2D eigenvalue weighted by molar-refractivity contribution is 8.02. The number of unbranched alkanes of at least 4 members (excludes halogenated alkanes) is 4. The van der Waals surface area contributed by atoms with Gasteiger partial charge < -0.3 is 20.6 Å². The summed E-state index contributed by atoms with van der Waals surface area (Å²) >= 11 is 1.74. The molecule has 3 aliphatic heterocycles. The van der Waals surface area contributed by atoms with Crippen molar-refractivity contribution in [3.05, 3.63) is 0 Å². The van der Waals surface area contributed by atoms with E-state index in [9.17, 15) is 14.4 Å². The number of likely N-dealkylation sites (tertiary alicyclic amines) is 1. The first-order chi connectivity index (χ1) is 15.4. The Labute approximate surface area is 196 Å². The topological polar surface area (TPSA) is 98.7 Å². The van der Waals surface area contributed by atoms with Gasteiger partial charge in [0.2, 0.25) is 17.7 Å². The third kappa shape index (κ3) is 4.54. The largest absolute Gasteiger partial charge is 0.396 e. The van der Waals surface area contributed by atoms with Crippen molar-refractivity contribution in [1.82, 2.24) is 15.5 Å². The zero-order chi connectivity index (χ0) is 23.3. The Hall–Kier alpha value is -1.28. The molecular weight excluding hydrogens is 426 g/mol. The first-order valence-corrected chi connectivity index (χ1v) is 13.5. The van der Waals surface area contributed by atoms with E-state index < -0.39 is 16.7 Å². The van der Waals surface area contributed by atoms with Crippen LogP contribution in [0.2, 0.25) is 0 Å². The predicted octanol–water partition coefficient (Wildman–Crippen LogP) is 2.32. The van der Waals surface area contributed by atoms with Crippen LogP contribution in [0.1, 0.15) is 72.1 Å². The molecule has 0 aromatic heterocycles. The highest BCUT2D eigenvalue weighted by atomic mass is 32.2. The number of nitrogens with zero attached hydrogens (tertiary/aromatic N) is 1. The van der Waals surface area contributed by atoms with Gasteiger partial charge in [-0.3, -0.25) is 14.4 Å². The van der Waals surface area contributed by atoms with Gasteiger partial charge in [0.25, 0.3) is 0 Å². The third-order valence-corrected chi connectivity index (χ3v) is 9.56. The molecule has 3 unspecified atom stereocenters. The van der Waals surface area contributed by atoms with E-state index in [1.807, 2.05) is 6.92 Å². The van der Waals surface area contributed by atoms with E-state index in [0.717, 1.165) is 51.4 Å². The van der Waals surface area contributed by atoms with Gasteiger partial charge >= 0.3 is 0 Å². The average Bonchev–Trinajstić information content (AvgIpc) is 3.36. The normalized spacial score (nSPS) is 32.9. The van der Waals surface area contributed by atoms with Crippen LogP contribution in [-0.2, 0) is 14.4 Å². The molecule has 6 atom stereocenters. The van der Waals surface area contributed by atoms with Crippen molar-refractivity contribution in [2.24, 2.45) is 17.8 Å². The molecule has 3 aliphatic rings. The molecular formula is C24H41N3O4S. The van der Waals surface area contributed by atoms with Gasteiger partial charge in [0.15, 0.2) is 0 Å². The molecule has 3 N–H and O–H groups in total. The summed E-state index contributed by atoms with van der Waals surface area (Å²) in [4.78, 5) is 42.2. The minimum Gasteiger partial charge on any atom is -0.396 e. The Morgan fingerprint density at radius 3 is 2.47 bits per heavy atom. The van der Waals surface area contributed by atoms with E-state index in [-0.39, 0.29) is 41.4 Å². The van der Waals surface area contributed by atoms with Crippen LogP contribution in [0.5, 0.6) is 0 Å². The van der Waals surface area contributed by atoms with Gasteiger partial charge in [-0.15, -0.1) is 11.8 Å². The molecule has 3 amide bonds. The van der Waals surface area contributed by atoms with Crippen LogP contribution in [0.3, 0.4) is 0 Å². The van der Waals surface area contributed by atoms with E-state index in [1.54, 1.807) is 16.7 Å². The standard InChI is InChI=1S/C24H41N3O4S/c1-4-6-12-26-22(30)20-24-16(3)15-17(32-24)18(21(29)25-11-5-2)19(24)23(31)27(20)13-9-7-8-10-14-28/h16-20,28H,4-15H2,1-3H3,(H,25,29)(H,26,30)/t16?,17-,18+,19-,20?,24?/m0/s1. The molecule has 3 rings (SSSR count). The Morgan fingerprint density at radius 1 is 1.06 bits per heavy atom. The number of fused-ring (bicyclic) bond motifs is 1. The molecule has 3 fully saturated rings. The summed E-state index contributed by atoms with van der Waals surface area (Å²) < 4.78 is -0.517. The summed E-state index contributed by atoms with van der Waals surface area (Å²) in [5.41, 5.74) is 0. The molecule has 8 heteroatoms. The second-order valence-corrected chi connectivity index (χ2v) is 11.2. The average molecular weight is 468 g/mol. The van der Waals surface area contributed by atoms with Crippen LogP contribution in [-0.4, -0.2) is 70.0 Å². The number of amides is 3. The summed E-state index contributed by atoms with van der Waals surface area (Å²) in [5.74, 6) is -0.646. The SMILES string of the molecule is CCCCNC(=O)C1N(CCCCCCO)C(=O)[C@@H]2[C@H](C(=O)NCCC)[C@@H]3CC(C)C12S3.